The van der Waals surface area contributed by atoms with Gasteiger partial charge in [-0.05, 0) is 26.0 Å². The Morgan fingerprint density at radius 1 is 1.38 bits per heavy atom. The van der Waals surface area contributed by atoms with Crippen molar-refractivity contribution in [3.63, 3.8) is 0 Å². The molecule has 3 aromatic rings. The van der Waals surface area contributed by atoms with Gasteiger partial charge in [0.05, 0.1) is 34.8 Å². The minimum Gasteiger partial charge on any atom is -0.444 e. The number of fused-ring (bicyclic) bond motifs is 1. The van der Waals surface area contributed by atoms with E-state index in [0.29, 0.717) is 28.2 Å². The number of benzene rings is 1. The van der Waals surface area contributed by atoms with Crippen molar-refractivity contribution in [2.24, 2.45) is 0 Å². The summed E-state index contributed by atoms with van der Waals surface area (Å²) in [6.45, 7) is 3.75. The molecule has 1 aromatic carbocycles. The summed E-state index contributed by atoms with van der Waals surface area (Å²) in [6.07, 6.45) is 3.03. The number of H-pyrrole nitrogens is 1. The van der Waals surface area contributed by atoms with E-state index in [0.717, 1.165) is 5.76 Å². The van der Waals surface area contributed by atoms with Crippen molar-refractivity contribution in [3.05, 3.63) is 46.7 Å². The van der Waals surface area contributed by atoms with E-state index in [4.69, 9.17) is 10.2 Å². The number of anilines is 2. The van der Waals surface area contributed by atoms with Crippen LogP contribution in [-0.2, 0) is 0 Å². The average molecular weight is 285 g/mol. The SMILES string of the molecule is Cc1cnc(C(C)Nc2cc3nc[nH]c(=O)c3cc2N)o1. The number of nitrogens with zero attached hydrogens (tertiary/aromatic N) is 2. The minimum atomic E-state index is -0.213. The van der Waals surface area contributed by atoms with E-state index >= 15 is 0 Å². The van der Waals surface area contributed by atoms with Gasteiger partial charge in [0.1, 0.15) is 11.8 Å². The van der Waals surface area contributed by atoms with Gasteiger partial charge in [0.15, 0.2) is 0 Å². The fourth-order valence-electron chi connectivity index (χ4n) is 2.12. The number of hydrogen-bond acceptors (Lipinski definition) is 6. The molecule has 0 bridgehead atoms. The summed E-state index contributed by atoms with van der Waals surface area (Å²) in [5.41, 5.74) is 7.51. The Hall–Kier alpha value is -2.83. The molecule has 108 valence electrons. The average Bonchev–Trinajstić information content (AvgIpc) is 2.88. The van der Waals surface area contributed by atoms with E-state index in [9.17, 15) is 4.79 Å². The van der Waals surface area contributed by atoms with E-state index in [1.54, 1.807) is 18.3 Å². The van der Waals surface area contributed by atoms with Crippen molar-refractivity contribution in [2.45, 2.75) is 19.9 Å². The van der Waals surface area contributed by atoms with Crippen LogP contribution in [0, 0.1) is 6.92 Å². The van der Waals surface area contributed by atoms with Gasteiger partial charge in [0.25, 0.3) is 5.56 Å². The standard InChI is InChI=1S/C14H15N5O2/c1-7-5-16-14(21-7)8(2)19-12-4-11-9(3-10(12)15)13(20)18-6-17-11/h3-6,8,19H,15H2,1-2H3,(H,17,18,20). The Morgan fingerprint density at radius 2 is 2.19 bits per heavy atom. The second-order valence-electron chi connectivity index (χ2n) is 4.86. The first kappa shape index (κ1) is 13.2. The van der Waals surface area contributed by atoms with Gasteiger partial charge in [-0.2, -0.15) is 0 Å². The van der Waals surface area contributed by atoms with Crippen LogP contribution in [0.2, 0.25) is 0 Å². The van der Waals surface area contributed by atoms with E-state index in [1.165, 1.54) is 6.33 Å². The van der Waals surface area contributed by atoms with Crippen molar-refractivity contribution in [2.75, 3.05) is 11.1 Å². The zero-order valence-electron chi connectivity index (χ0n) is 11.7. The highest BCUT2D eigenvalue weighted by Crippen LogP contribution is 2.27. The van der Waals surface area contributed by atoms with Gasteiger partial charge >= 0.3 is 0 Å². The van der Waals surface area contributed by atoms with Crippen molar-refractivity contribution < 1.29 is 4.42 Å². The second kappa shape index (κ2) is 4.93. The van der Waals surface area contributed by atoms with Crippen molar-refractivity contribution in [3.8, 4) is 0 Å². The molecule has 4 N–H and O–H groups in total. The fourth-order valence-corrected chi connectivity index (χ4v) is 2.12. The number of oxazole rings is 1. The lowest BCUT2D eigenvalue weighted by Crippen LogP contribution is -2.11. The quantitative estimate of drug-likeness (QED) is 0.635. The molecule has 1 atom stereocenters. The van der Waals surface area contributed by atoms with Gasteiger partial charge in [-0.15, -0.1) is 0 Å². The number of hydrogen-bond donors (Lipinski definition) is 3. The lowest BCUT2D eigenvalue weighted by molar-refractivity contribution is 0.454. The maximum absolute atomic E-state index is 11.7. The Labute approximate surface area is 120 Å². The van der Waals surface area contributed by atoms with Crippen LogP contribution < -0.4 is 16.6 Å². The molecule has 0 aliphatic carbocycles. The third-order valence-electron chi connectivity index (χ3n) is 3.19. The number of aryl methyl sites for hydroxylation is 1. The van der Waals surface area contributed by atoms with E-state index in [1.807, 2.05) is 13.8 Å². The molecule has 7 heteroatoms. The molecule has 1 unspecified atom stereocenters. The van der Waals surface area contributed by atoms with E-state index < -0.39 is 0 Å². The zero-order chi connectivity index (χ0) is 15.0. The molecule has 0 fully saturated rings. The molecule has 0 aliphatic heterocycles. The first-order chi connectivity index (χ1) is 10.0. The maximum atomic E-state index is 11.7. The van der Waals surface area contributed by atoms with Crippen LogP contribution in [0.1, 0.15) is 24.6 Å². The smallest absolute Gasteiger partial charge is 0.258 e. The molecule has 3 rings (SSSR count). The normalized spacial score (nSPS) is 12.5. The molecule has 0 aliphatic rings. The molecular weight excluding hydrogens is 270 g/mol. The summed E-state index contributed by atoms with van der Waals surface area (Å²) in [5.74, 6) is 1.32. The van der Waals surface area contributed by atoms with Crippen LogP contribution in [0.5, 0.6) is 0 Å². The van der Waals surface area contributed by atoms with Crippen molar-refractivity contribution in [1.29, 1.82) is 0 Å². The number of nitrogens with two attached hydrogens (primary N) is 1. The summed E-state index contributed by atoms with van der Waals surface area (Å²) in [6, 6.07) is 3.20. The summed E-state index contributed by atoms with van der Waals surface area (Å²) >= 11 is 0. The Balaban J connectivity index is 1.97. The Bertz CT molecular complexity index is 852. The molecule has 0 saturated carbocycles. The largest absolute Gasteiger partial charge is 0.444 e. The first-order valence-electron chi connectivity index (χ1n) is 6.50. The molecule has 0 spiro atoms. The predicted molar refractivity (Wildman–Crippen MR) is 80.1 cm³/mol. The summed E-state index contributed by atoms with van der Waals surface area (Å²) in [4.78, 5) is 22.5. The zero-order valence-corrected chi connectivity index (χ0v) is 11.7. The topological polar surface area (TPSA) is 110 Å². The molecule has 0 saturated heterocycles. The third-order valence-corrected chi connectivity index (χ3v) is 3.19. The fraction of sp³-hybridized carbons (Fsp3) is 0.214. The predicted octanol–water partition coefficient (Wildman–Crippen LogP) is 1.97. The van der Waals surface area contributed by atoms with Crippen LogP contribution in [0.3, 0.4) is 0 Å². The van der Waals surface area contributed by atoms with Crippen molar-refractivity contribution in [1.82, 2.24) is 15.0 Å². The number of aromatic nitrogens is 3. The second-order valence-corrected chi connectivity index (χ2v) is 4.86. The molecule has 21 heavy (non-hydrogen) atoms. The number of rotatable bonds is 3. The molecule has 0 amide bonds. The summed E-state index contributed by atoms with van der Waals surface area (Å²) in [7, 11) is 0. The Kier molecular flexibility index (Phi) is 3.09. The lowest BCUT2D eigenvalue weighted by Gasteiger charge is -2.14. The number of nitrogen functional groups attached to an aromatic ring is 1. The molecule has 2 aromatic heterocycles. The van der Waals surface area contributed by atoms with E-state index in [-0.39, 0.29) is 11.6 Å². The van der Waals surface area contributed by atoms with Crippen molar-refractivity contribution >= 4 is 22.3 Å². The molecule has 0 radical (unpaired) electrons. The summed E-state index contributed by atoms with van der Waals surface area (Å²) < 4.78 is 5.48. The highest BCUT2D eigenvalue weighted by atomic mass is 16.4. The van der Waals surface area contributed by atoms with Crippen LogP contribution in [-0.4, -0.2) is 15.0 Å². The number of aromatic amines is 1. The van der Waals surface area contributed by atoms with Gasteiger partial charge in [-0.25, -0.2) is 9.97 Å². The van der Waals surface area contributed by atoms with Crippen LogP contribution in [0.15, 0.2) is 33.9 Å². The molecular formula is C14H15N5O2. The highest BCUT2D eigenvalue weighted by Gasteiger charge is 2.13. The van der Waals surface area contributed by atoms with E-state index in [2.05, 4.69) is 20.3 Å². The lowest BCUT2D eigenvalue weighted by atomic mass is 10.1. The monoisotopic (exact) mass is 285 g/mol. The minimum absolute atomic E-state index is 0.152. The third kappa shape index (κ3) is 2.45. The highest BCUT2D eigenvalue weighted by molar-refractivity contribution is 5.88. The Morgan fingerprint density at radius 3 is 2.90 bits per heavy atom. The van der Waals surface area contributed by atoms with Gasteiger partial charge < -0.3 is 20.5 Å². The van der Waals surface area contributed by atoms with Gasteiger partial charge in [-0.3, -0.25) is 4.79 Å². The molecule has 2 heterocycles. The first-order valence-corrected chi connectivity index (χ1v) is 6.50. The van der Waals surface area contributed by atoms with Crippen LogP contribution in [0.25, 0.3) is 10.9 Å². The summed E-state index contributed by atoms with van der Waals surface area (Å²) in [5, 5.41) is 3.68. The van der Waals surface area contributed by atoms with Gasteiger partial charge in [-0.1, -0.05) is 0 Å². The van der Waals surface area contributed by atoms with Gasteiger partial charge in [0.2, 0.25) is 5.89 Å². The maximum Gasteiger partial charge on any atom is 0.258 e. The molecule has 7 nitrogen and oxygen atoms in total. The number of nitrogens with one attached hydrogen (secondary N) is 2. The van der Waals surface area contributed by atoms with Crippen LogP contribution >= 0.6 is 0 Å². The van der Waals surface area contributed by atoms with Crippen LogP contribution in [0.4, 0.5) is 11.4 Å². The van der Waals surface area contributed by atoms with Gasteiger partial charge in [0, 0.05) is 0 Å².